The molecule has 2 aromatic carbocycles. The number of piperidine rings is 1. The molecule has 162 valence electrons. The lowest BCUT2D eigenvalue weighted by Gasteiger charge is -2.39. The molecule has 1 saturated heterocycles. The van der Waals surface area contributed by atoms with Crippen molar-refractivity contribution in [2.24, 2.45) is 7.05 Å². The third-order valence-electron chi connectivity index (χ3n) is 6.16. The van der Waals surface area contributed by atoms with Gasteiger partial charge < -0.3 is 9.88 Å². The van der Waals surface area contributed by atoms with E-state index in [1.807, 2.05) is 48.1 Å². The van der Waals surface area contributed by atoms with E-state index < -0.39 is 6.04 Å². The molecule has 0 radical (unpaired) electrons. The van der Waals surface area contributed by atoms with Crippen LogP contribution in [0.4, 0.5) is 4.39 Å². The minimum Gasteiger partial charge on any atom is -0.340 e. The van der Waals surface area contributed by atoms with E-state index in [1.54, 1.807) is 18.3 Å². The molecule has 0 spiro atoms. The number of aryl methyl sites for hydroxylation is 1. The Morgan fingerprint density at radius 2 is 1.84 bits per heavy atom. The van der Waals surface area contributed by atoms with Crippen LogP contribution in [0.2, 0.25) is 0 Å². The number of likely N-dealkylation sites (tertiary alicyclic amines) is 1. The van der Waals surface area contributed by atoms with Crippen molar-refractivity contribution in [1.29, 1.82) is 0 Å². The zero-order valence-corrected chi connectivity index (χ0v) is 18.0. The van der Waals surface area contributed by atoms with Crippen molar-refractivity contribution in [1.82, 2.24) is 19.8 Å². The summed E-state index contributed by atoms with van der Waals surface area (Å²) >= 11 is 0. The first-order valence-corrected chi connectivity index (χ1v) is 10.9. The van der Waals surface area contributed by atoms with Crippen LogP contribution in [0.15, 0.2) is 67.0 Å². The number of nitrogens with one attached hydrogen (secondary N) is 1. The lowest BCUT2D eigenvalue weighted by atomic mass is 9.96. The number of aromatic nitrogens is 2. The van der Waals surface area contributed by atoms with E-state index in [-0.39, 0.29) is 17.8 Å². The first kappa shape index (κ1) is 21.2. The second kappa shape index (κ2) is 9.43. The fraction of sp³-hybridized carbons (Fsp3) is 0.360. The molecule has 3 unspecified atom stereocenters. The van der Waals surface area contributed by atoms with Crippen molar-refractivity contribution in [3.05, 3.63) is 89.8 Å². The molecule has 1 aliphatic heterocycles. The minimum absolute atomic E-state index is 0.0720. The molecule has 1 aromatic heterocycles. The van der Waals surface area contributed by atoms with Crippen LogP contribution in [0, 0.1) is 5.82 Å². The van der Waals surface area contributed by atoms with Gasteiger partial charge in [-0.2, -0.15) is 0 Å². The summed E-state index contributed by atoms with van der Waals surface area (Å²) in [5.41, 5.74) is 1.77. The topological polar surface area (TPSA) is 50.2 Å². The number of amides is 1. The molecule has 1 N–H and O–H groups in total. The van der Waals surface area contributed by atoms with Crippen molar-refractivity contribution in [3.8, 4) is 0 Å². The average Bonchev–Trinajstić information content (AvgIpc) is 3.21. The summed E-state index contributed by atoms with van der Waals surface area (Å²) in [4.78, 5) is 20.6. The van der Waals surface area contributed by atoms with Crippen molar-refractivity contribution in [2.75, 3.05) is 6.54 Å². The first-order valence-electron chi connectivity index (χ1n) is 10.9. The van der Waals surface area contributed by atoms with Gasteiger partial charge in [-0.05, 0) is 49.6 Å². The Labute approximate surface area is 182 Å². The van der Waals surface area contributed by atoms with Gasteiger partial charge in [0.2, 0.25) is 5.91 Å². The number of hydrogen-bond acceptors (Lipinski definition) is 3. The molecule has 0 saturated carbocycles. The van der Waals surface area contributed by atoms with E-state index in [9.17, 15) is 9.18 Å². The van der Waals surface area contributed by atoms with Crippen LogP contribution in [0.3, 0.4) is 0 Å². The molecule has 5 nitrogen and oxygen atoms in total. The van der Waals surface area contributed by atoms with E-state index in [0.717, 1.165) is 30.5 Å². The van der Waals surface area contributed by atoms with Crippen LogP contribution >= 0.6 is 0 Å². The van der Waals surface area contributed by atoms with Crippen LogP contribution in [-0.4, -0.2) is 32.9 Å². The van der Waals surface area contributed by atoms with Gasteiger partial charge in [0.05, 0.1) is 0 Å². The standard InChI is InChI=1S/C25H29FN4O/c1-18-8-6-7-16-30(18)23(20-9-4-3-5-10-20)25(31)28-22(24-27-15-17-29(24)2)19-11-13-21(26)14-12-19/h3-5,9-15,17-18,22-23H,6-8,16H2,1-2H3,(H,28,31). The van der Waals surface area contributed by atoms with Gasteiger partial charge in [-0.3, -0.25) is 9.69 Å². The molecule has 1 fully saturated rings. The lowest BCUT2D eigenvalue weighted by molar-refractivity contribution is -0.128. The Morgan fingerprint density at radius 1 is 1.10 bits per heavy atom. The molecule has 6 heteroatoms. The first-order chi connectivity index (χ1) is 15.0. The van der Waals surface area contributed by atoms with Crippen molar-refractivity contribution in [3.63, 3.8) is 0 Å². The Kier molecular flexibility index (Phi) is 6.47. The summed E-state index contributed by atoms with van der Waals surface area (Å²) in [6.07, 6.45) is 6.91. The third-order valence-corrected chi connectivity index (χ3v) is 6.16. The summed E-state index contributed by atoms with van der Waals surface area (Å²) in [6, 6.07) is 15.6. The van der Waals surface area contributed by atoms with Gasteiger partial charge in [0.15, 0.2) is 0 Å². The predicted octanol–water partition coefficient (Wildman–Crippen LogP) is 4.38. The SMILES string of the molecule is CC1CCCCN1C(C(=O)NC(c1ccc(F)cc1)c1nccn1C)c1ccccc1. The van der Waals surface area contributed by atoms with E-state index >= 15 is 0 Å². The maximum absolute atomic E-state index is 13.8. The van der Waals surface area contributed by atoms with Crippen molar-refractivity contribution in [2.45, 2.75) is 44.3 Å². The Morgan fingerprint density at radius 3 is 2.48 bits per heavy atom. The summed E-state index contributed by atoms with van der Waals surface area (Å²) in [5, 5.41) is 3.23. The monoisotopic (exact) mass is 420 g/mol. The van der Waals surface area contributed by atoms with Crippen LogP contribution in [0.25, 0.3) is 0 Å². The minimum atomic E-state index is -0.473. The van der Waals surface area contributed by atoms with Gasteiger partial charge in [0.1, 0.15) is 23.7 Å². The molecule has 0 bridgehead atoms. The molecule has 3 aromatic rings. The van der Waals surface area contributed by atoms with Crippen molar-refractivity contribution < 1.29 is 9.18 Å². The van der Waals surface area contributed by atoms with Crippen LogP contribution in [0.5, 0.6) is 0 Å². The number of nitrogens with zero attached hydrogens (tertiary/aromatic N) is 3. The second-order valence-electron chi connectivity index (χ2n) is 8.29. The lowest BCUT2D eigenvalue weighted by Crippen LogP contribution is -2.47. The van der Waals surface area contributed by atoms with Gasteiger partial charge >= 0.3 is 0 Å². The maximum Gasteiger partial charge on any atom is 0.242 e. The number of halogens is 1. The van der Waals surface area contributed by atoms with Crippen molar-refractivity contribution >= 4 is 5.91 Å². The molecule has 2 heterocycles. The highest BCUT2D eigenvalue weighted by Crippen LogP contribution is 2.30. The largest absolute Gasteiger partial charge is 0.340 e. The van der Waals surface area contributed by atoms with Gasteiger partial charge in [-0.25, -0.2) is 9.37 Å². The molecule has 1 amide bonds. The fourth-order valence-corrected chi connectivity index (χ4v) is 4.46. The molecule has 3 atom stereocenters. The number of carbonyl (C=O) groups excluding carboxylic acids is 1. The van der Waals surface area contributed by atoms with Gasteiger partial charge in [-0.1, -0.05) is 48.9 Å². The Balaban J connectivity index is 1.69. The van der Waals surface area contributed by atoms with Crippen LogP contribution in [0.1, 0.15) is 55.2 Å². The van der Waals surface area contributed by atoms with Crippen LogP contribution < -0.4 is 5.32 Å². The van der Waals surface area contributed by atoms with Gasteiger partial charge in [-0.15, -0.1) is 0 Å². The molecule has 1 aliphatic rings. The molecule has 0 aliphatic carbocycles. The quantitative estimate of drug-likeness (QED) is 0.644. The molecular formula is C25H29FN4O. The summed E-state index contributed by atoms with van der Waals surface area (Å²) in [5.74, 6) is 0.328. The number of imidazole rings is 1. The predicted molar refractivity (Wildman–Crippen MR) is 119 cm³/mol. The van der Waals surface area contributed by atoms with E-state index in [2.05, 4.69) is 22.1 Å². The highest BCUT2D eigenvalue weighted by atomic mass is 19.1. The average molecular weight is 421 g/mol. The van der Waals surface area contributed by atoms with E-state index in [4.69, 9.17) is 0 Å². The summed E-state index contributed by atoms with van der Waals surface area (Å²) in [6.45, 7) is 3.08. The van der Waals surface area contributed by atoms with E-state index in [1.165, 1.54) is 18.6 Å². The Bertz CT molecular complexity index is 1000. The molecular weight excluding hydrogens is 391 g/mol. The smallest absolute Gasteiger partial charge is 0.242 e. The number of rotatable bonds is 6. The summed E-state index contributed by atoms with van der Waals surface area (Å²) < 4.78 is 15.4. The zero-order valence-electron chi connectivity index (χ0n) is 18.0. The summed E-state index contributed by atoms with van der Waals surface area (Å²) in [7, 11) is 1.90. The number of benzene rings is 2. The maximum atomic E-state index is 13.8. The Hall–Kier alpha value is -2.99. The van der Waals surface area contributed by atoms with Gasteiger partial charge in [0, 0.05) is 25.5 Å². The third kappa shape index (κ3) is 4.69. The number of carbonyl (C=O) groups is 1. The van der Waals surface area contributed by atoms with Crippen LogP contribution in [-0.2, 0) is 11.8 Å². The second-order valence-corrected chi connectivity index (χ2v) is 8.29. The fourth-order valence-electron chi connectivity index (χ4n) is 4.46. The highest BCUT2D eigenvalue weighted by Gasteiger charge is 2.34. The highest BCUT2D eigenvalue weighted by molar-refractivity contribution is 5.84. The van der Waals surface area contributed by atoms with E-state index in [0.29, 0.717) is 11.9 Å². The zero-order chi connectivity index (χ0) is 21.8. The molecule has 4 rings (SSSR count). The molecule has 31 heavy (non-hydrogen) atoms. The normalized spacial score (nSPS) is 19.0. The number of hydrogen-bond donors (Lipinski definition) is 1. The van der Waals surface area contributed by atoms with Gasteiger partial charge in [0.25, 0.3) is 0 Å².